The Balaban J connectivity index is 1.61. The zero-order valence-electron chi connectivity index (χ0n) is 20.5. The van der Waals surface area contributed by atoms with Crippen molar-refractivity contribution in [1.29, 1.82) is 5.26 Å². The molecule has 1 heterocycles. The van der Waals surface area contributed by atoms with Crippen molar-refractivity contribution in [2.75, 3.05) is 32.9 Å². The van der Waals surface area contributed by atoms with Gasteiger partial charge in [0.25, 0.3) is 5.91 Å². The van der Waals surface area contributed by atoms with Gasteiger partial charge in [-0.25, -0.2) is 4.39 Å². The van der Waals surface area contributed by atoms with Crippen LogP contribution in [0.15, 0.2) is 46.9 Å². The van der Waals surface area contributed by atoms with Crippen LogP contribution in [0.3, 0.4) is 0 Å². The van der Waals surface area contributed by atoms with Gasteiger partial charge in [-0.2, -0.15) is 5.26 Å². The van der Waals surface area contributed by atoms with Crippen LogP contribution in [-0.2, 0) is 31.0 Å². The number of ether oxygens (including phenoxy) is 1. The Morgan fingerprint density at radius 3 is 2.36 bits per heavy atom. The molecule has 0 aliphatic carbocycles. The van der Waals surface area contributed by atoms with Crippen molar-refractivity contribution in [1.82, 2.24) is 4.90 Å². The topological polar surface area (TPSA) is 88.9 Å². The minimum atomic E-state index is -3.36. The van der Waals surface area contributed by atoms with Crippen molar-refractivity contribution < 1.29 is 27.5 Å². The Morgan fingerprint density at radius 1 is 1.14 bits per heavy atom. The highest BCUT2D eigenvalue weighted by atomic mass is 79.9. The number of hydrogen-bond acceptors (Lipinski definition) is 6. The van der Waals surface area contributed by atoms with Crippen molar-refractivity contribution >= 4 is 29.4 Å². The summed E-state index contributed by atoms with van der Waals surface area (Å²) in [5.74, 6) is -0.0569. The summed E-state index contributed by atoms with van der Waals surface area (Å²) < 4.78 is 43.7. The highest BCUT2D eigenvalue weighted by Crippen LogP contribution is 2.52. The number of piperidine rings is 1. The number of rotatable bonds is 11. The molecule has 0 N–H and O–H groups in total. The number of benzene rings is 2. The Bertz CT molecular complexity index is 1120. The first-order valence-electron chi connectivity index (χ1n) is 11.9. The van der Waals surface area contributed by atoms with Crippen LogP contribution in [0.4, 0.5) is 4.39 Å². The first kappa shape index (κ1) is 28.3. The van der Waals surface area contributed by atoms with Crippen LogP contribution in [0.1, 0.15) is 37.8 Å². The fourth-order valence-corrected chi connectivity index (χ4v) is 6.40. The van der Waals surface area contributed by atoms with Gasteiger partial charge >= 0.3 is 7.60 Å². The van der Waals surface area contributed by atoms with Gasteiger partial charge in [0.05, 0.1) is 30.9 Å². The Kier molecular flexibility index (Phi) is 10.1. The van der Waals surface area contributed by atoms with Gasteiger partial charge in [-0.15, -0.1) is 0 Å². The summed E-state index contributed by atoms with van der Waals surface area (Å²) in [6, 6.07) is 13.9. The van der Waals surface area contributed by atoms with Crippen molar-refractivity contribution in [3.63, 3.8) is 0 Å². The maximum Gasteiger partial charge on any atom is 0.335 e. The van der Waals surface area contributed by atoms with Crippen molar-refractivity contribution in [2.24, 2.45) is 5.41 Å². The molecule has 2 aromatic rings. The molecule has 1 aliphatic heterocycles. The lowest BCUT2D eigenvalue weighted by Crippen LogP contribution is -2.45. The van der Waals surface area contributed by atoms with Gasteiger partial charge in [-0.1, -0.05) is 28.1 Å². The van der Waals surface area contributed by atoms with E-state index in [9.17, 15) is 19.0 Å². The molecule has 0 unspecified atom stereocenters. The molecule has 0 spiro atoms. The van der Waals surface area contributed by atoms with E-state index in [1.807, 2.05) is 0 Å². The molecule has 0 bridgehead atoms. The van der Waals surface area contributed by atoms with Gasteiger partial charge in [0.15, 0.2) is 6.61 Å². The maximum atomic E-state index is 13.2. The van der Waals surface area contributed by atoms with E-state index < -0.39 is 13.0 Å². The third-order valence-electron chi connectivity index (χ3n) is 6.16. The zero-order chi connectivity index (χ0) is 26.2. The molecule has 1 fully saturated rings. The van der Waals surface area contributed by atoms with E-state index in [1.54, 1.807) is 49.1 Å². The second-order valence-corrected chi connectivity index (χ2v) is 11.7. The van der Waals surface area contributed by atoms with E-state index in [4.69, 9.17) is 13.8 Å². The molecule has 3 rings (SSSR count). The summed E-state index contributed by atoms with van der Waals surface area (Å²) >= 11 is 3.42. The third-order valence-corrected chi connectivity index (χ3v) is 8.68. The smallest absolute Gasteiger partial charge is 0.335 e. The van der Waals surface area contributed by atoms with Crippen LogP contribution in [0.25, 0.3) is 0 Å². The Morgan fingerprint density at radius 2 is 1.78 bits per heavy atom. The summed E-state index contributed by atoms with van der Waals surface area (Å²) in [6.45, 7) is 4.70. The summed E-state index contributed by atoms with van der Waals surface area (Å²) in [4.78, 5) is 14.6. The number of halogens is 2. The SMILES string of the molecule is CCOP(=O)(Cc1cc(Br)ccc1OCC(=O)N1CCC(C#N)(Cc2ccc(F)cc2)CC1)OCC. The monoisotopic (exact) mass is 580 g/mol. The lowest BCUT2D eigenvalue weighted by Gasteiger charge is -2.37. The molecule has 10 heteroatoms. The molecule has 1 saturated heterocycles. The molecule has 36 heavy (non-hydrogen) atoms. The van der Waals surface area contributed by atoms with Crippen molar-refractivity contribution in [2.45, 2.75) is 39.3 Å². The molecule has 0 atom stereocenters. The van der Waals surface area contributed by atoms with E-state index in [0.29, 0.717) is 43.7 Å². The fourth-order valence-electron chi connectivity index (χ4n) is 4.28. The summed E-state index contributed by atoms with van der Waals surface area (Å²) in [5, 5.41) is 9.86. The van der Waals surface area contributed by atoms with Gasteiger partial charge in [-0.3, -0.25) is 9.36 Å². The minimum Gasteiger partial charge on any atom is -0.483 e. The maximum absolute atomic E-state index is 13.2. The van der Waals surface area contributed by atoms with Crippen LogP contribution in [0.2, 0.25) is 0 Å². The molecule has 0 aromatic heterocycles. The first-order valence-corrected chi connectivity index (χ1v) is 14.5. The van der Waals surface area contributed by atoms with Gasteiger partial charge < -0.3 is 18.7 Å². The molecule has 0 radical (unpaired) electrons. The average Bonchev–Trinajstić information content (AvgIpc) is 2.85. The van der Waals surface area contributed by atoms with Crippen molar-refractivity contribution in [3.8, 4) is 11.8 Å². The summed E-state index contributed by atoms with van der Waals surface area (Å²) in [5.41, 5.74) is 0.928. The number of likely N-dealkylation sites (tertiary alicyclic amines) is 1. The normalized spacial score (nSPS) is 15.4. The number of nitrogens with zero attached hydrogens (tertiary/aromatic N) is 2. The second kappa shape index (κ2) is 12.8. The number of carbonyl (C=O) groups excluding carboxylic acids is 1. The van der Waals surface area contributed by atoms with E-state index >= 15 is 0 Å². The predicted molar refractivity (Wildman–Crippen MR) is 138 cm³/mol. The Hall–Kier alpha value is -2.24. The van der Waals surface area contributed by atoms with Gasteiger partial charge in [0.1, 0.15) is 11.6 Å². The van der Waals surface area contributed by atoms with Crippen LogP contribution in [0, 0.1) is 22.6 Å². The van der Waals surface area contributed by atoms with Gasteiger partial charge in [0.2, 0.25) is 0 Å². The first-order chi connectivity index (χ1) is 17.2. The molecule has 2 aromatic carbocycles. The van der Waals surface area contributed by atoms with Crippen LogP contribution in [-0.4, -0.2) is 43.7 Å². The van der Waals surface area contributed by atoms with Gasteiger partial charge in [-0.05, 0) is 69.0 Å². The van der Waals surface area contributed by atoms with Crippen LogP contribution in [0.5, 0.6) is 5.75 Å². The van der Waals surface area contributed by atoms with E-state index in [1.165, 1.54) is 12.1 Å². The van der Waals surface area contributed by atoms with Crippen LogP contribution < -0.4 is 4.74 Å². The molecule has 1 aliphatic rings. The van der Waals surface area contributed by atoms with Crippen LogP contribution >= 0.6 is 23.5 Å². The van der Waals surface area contributed by atoms with Gasteiger partial charge in [0, 0.05) is 23.1 Å². The zero-order valence-corrected chi connectivity index (χ0v) is 23.0. The summed E-state index contributed by atoms with van der Waals surface area (Å²) in [7, 11) is -3.36. The van der Waals surface area contributed by atoms with Crippen molar-refractivity contribution in [3.05, 3.63) is 63.9 Å². The molecule has 194 valence electrons. The largest absolute Gasteiger partial charge is 0.483 e. The second-order valence-electron chi connectivity index (χ2n) is 8.72. The molecule has 7 nitrogen and oxygen atoms in total. The van der Waals surface area contributed by atoms with E-state index in [-0.39, 0.29) is 37.7 Å². The minimum absolute atomic E-state index is 0.0232. The number of hydrogen-bond donors (Lipinski definition) is 0. The number of amides is 1. The predicted octanol–water partition coefficient (Wildman–Crippen LogP) is 6.11. The molecular weight excluding hydrogens is 550 g/mol. The van der Waals surface area contributed by atoms with E-state index in [0.717, 1.165) is 10.0 Å². The standard InChI is InChI=1S/C26H31BrFN2O5P/c1-3-34-36(32,35-4-2)18-21-15-22(27)7-10-24(21)33-17-25(31)30-13-11-26(19-29,12-14-30)16-20-5-8-23(28)9-6-20/h5-10,15H,3-4,11-14,16-18H2,1-2H3. The molecule has 0 saturated carbocycles. The number of carbonyl (C=O) groups is 1. The van der Waals surface area contributed by atoms with E-state index in [2.05, 4.69) is 22.0 Å². The molecule has 1 amide bonds. The summed E-state index contributed by atoms with van der Waals surface area (Å²) in [6.07, 6.45) is 1.60. The highest BCUT2D eigenvalue weighted by Gasteiger charge is 2.36. The fraction of sp³-hybridized carbons (Fsp3) is 0.462. The number of nitriles is 1. The lowest BCUT2D eigenvalue weighted by molar-refractivity contribution is -0.135. The Labute approximate surface area is 220 Å². The highest BCUT2D eigenvalue weighted by molar-refractivity contribution is 9.10. The third kappa shape index (κ3) is 7.63. The quantitative estimate of drug-likeness (QED) is 0.298. The average molecular weight is 581 g/mol. The molecular formula is C26H31BrFN2O5P. The lowest BCUT2D eigenvalue weighted by atomic mass is 9.75.